The van der Waals surface area contributed by atoms with Gasteiger partial charge in [0.05, 0.1) is 151 Å². The first-order chi connectivity index (χ1) is 69.0. The zero-order valence-electron chi connectivity index (χ0n) is 81.1. The number of quaternary nitrogens is 1. The van der Waals surface area contributed by atoms with Crippen LogP contribution in [-0.2, 0) is 109 Å². The number of carbonyl (C=O) groups excluding carboxylic acids is 6. The highest BCUT2D eigenvalue weighted by atomic mass is 35.5. The number of phosphoric ester groups is 1. The van der Waals surface area contributed by atoms with Crippen LogP contribution in [0.3, 0.4) is 0 Å². The number of amides is 6. The summed E-state index contributed by atoms with van der Waals surface area (Å²) in [5.41, 5.74) is 17.8. The number of hydrogen-bond donors (Lipinski definition) is 11. The molecule has 144 heavy (non-hydrogen) atoms. The summed E-state index contributed by atoms with van der Waals surface area (Å²) in [5, 5.41) is 28.0. The molecule has 0 spiro atoms. The molecular weight excluding hydrogens is 2000 g/mol. The molecule has 2 aromatic heterocycles. The minimum Gasteiger partial charge on any atom is -0.508 e. The number of rotatable bonds is 70. The van der Waals surface area contributed by atoms with E-state index in [9.17, 15) is 67.2 Å². The van der Waals surface area contributed by atoms with Crippen LogP contribution in [0, 0.1) is 0 Å². The Morgan fingerprint density at radius 1 is 0.632 bits per heavy atom. The lowest BCUT2D eigenvalue weighted by molar-refractivity contribution is -0.905. The number of alkyl halides is 1. The Morgan fingerprint density at radius 3 is 1.83 bits per heavy atom. The minimum atomic E-state index is -4.71. The molecule has 4 atom stereocenters. The van der Waals surface area contributed by atoms with Gasteiger partial charge in [0.2, 0.25) is 31.0 Å². The van der Waals surface area contributed by atoms with E-state index in [0.717, 1.165) is 49.6 Å². The number of halogens is 1. The number of carbonyl (C=O) groups is 7. The Hall–Kier alpha value is -10.4. The van der Waals surface area contributed by atoms with Crippen LogP contribution >= 0.6 is 55.9 Å². The fourth-order valence-corrected chi connectivity index (χ4v) is 18.5. The summed E-state index contributed by atoms with van der Waals surface area (Å²) in [4.78, 5) is 153. The van der Waals surface area contributed by atoms with Crippen molar-refractivity contribution in [1.29, 1.82) is 0 Å². The summed E-state index contributed by atoms with van der Waals surface area (Å²) in [6, 6.07) is 42.0. The quantitative estimate of drug-likeness (QED) is 0.00322. The van der Waals surface area contributed by atoms with Gasteiger partial charge < -0.3 is 128 Å². The van der Waals surface area contributed by atoms with Crippen LogP contribution in [0.5, 0.6) is 17.2 Å². The monoisotopic (exact) mass is 2130 g/mol. The van der Waals surface area contributed by atoms with Crippen LogP contribution in [-0.4, -0.2) is 342 Å². The van der Waals surface area contributed by atoms with E-state index in [0.29, 0.717) is 30.2 Å². The fourth-order valence-electron chi connectivity index (χ4n) is 13.2. The predicted molar refractivity (Wildman–Crippen MR) is 540 cm³/mol. The summed E-state index contributed by atoms with van der Waals surface area (Å²) < 4.78 is 117. The van der Waals surface area contributed by atoms with Crippen molar-refractivity contribution in [2.75, 3.05) is 235 Å². The molecule has 0 bridgehead atoms. The molecule has 2 heterocycles. The number of aromatic amines is 1. The molecule has 6 aromatic carbocycles. The number of nitrogen functional groups attached to an aromatic ring is 1. The van der Waals surface area contributed by atoms with Gasteiger partial charge in [-0.15, -0.1) is 11.6 Å². The highest BCUT2D eigenvalue weighted by molar-refractivity contribution is 8.76. The minimum absolute atomic E-state index is 0.0196. The number of fused-ring (bicyclic) bond motifs is 1. The predicted octanol–water partition coefficient (Wildman–Crippen LogP) is 9.00. The Kier molecular flexibility index (Phi) is 52.1. The SMILES string of the molecule is CCC(=C(c1ccc(O)cc1)c1ccc(OCCN(CCCl)P(C)(=O)OCc2ccc(SSCC(N)C(=O)NCCOCCOCCN(CCOCCOCCOCCNC(=O)CCC(NC(=O)c3ccc(N(Cc4cnc5nc(N)[nH]c(=O)c5n4)C(=O)OCc4ccc(OC(=O)N(C)CC[N+](C)(C)COP(=O)(O)O)cc4)cc3)C(=O)O)C(=O)COCCOCP(=O)(O)COCCOC)cc2)cc1)c1ccccc1. The lowest BCUT2D eigenvalue weighted by atomic mass is 9.88. The molecule has 50 heteroatoms. The van der Waals surface area contributed by atoms with Crippen molar-refractivity contribution in [3.8, 4) is 17.2 Å². The highest BCUT2D eigenvalue weighted by Crippen LogP contribution is 2.48. The maximum atomic E-state index is 14.0. The molecule has 0 aliphatic heterocycles. The third kappa shape index (κ3) is 44.5. The number of hydrogen-bond acceptors (Lipinski definition) is 33. The van der Waals surface area contributed by atoms with E-state index >= 15 is 0 Å². The summed E-state index contributed by atoms with van der Waals surface area (Å²) in [5.74, 6) is -2.16. The van der Waals surface area contributed by atoms with Crippen molar-refractivity contribution in [3.05, 3.63) is 207 Å². The number of aliphatic carboxylic acids is 1. The zero-order valence-corrected chi connectivity index (χ0v) is 86.2. The molecule has 4 unspecified atom stereocenters. The number of phosphoric acid groups is 1. The number of nitrogens with zero attached hydrogens (tertiary/aromatic N) is 8. The van der Waals surface area contributed by atoms with Gasteiger partial charge >= 0.3 is 26.0 Å². The number of phenolic OH excluding ortho intramolecular Hbond substituents is 1. The first-order valence-electron chi connectivity index (χ1n) is 45.9. The number of nitrogens with two attached hydrogens (primary N) is 2. The number of nitrogens with one attached hydrogen (secondary N) is 4. The first kappa shape index (κ1) is 119. The van der Waals surface area contributed by atoms with Gasteiger partial charge in [0.25, 0.3) is 19.0 Å². The average Bonchev–Trinajstić information content (AvgIpc) is 0.801. The number of anilines is 2. The molecule has 13 N–H and O–H groups in total. The molecule has 44 nitrogen and oxygen atoms in total. The van der Waals surface area contributed by atoms with Crippen LogP contribution in [0.15, 0.2) is 168 Å². The Morgan fingerprint density at radius 2 is 1.21 bits per heavy atom. The maximum absolute atomic E-state index is 14.0. The zero-order chi connectivity index (χ0) is 104. The number of carboxylic acid groups (broad SMARTS) is 1. The van der Waals surface area contributed by atoms with Gasteiger partial charge in [-0.25, -0.2) is 38.1 Å². The second-order valence-electron chi connectivity index (χ2n) is 32.8. The normalized spacial score (nSPS) is 13.1. The second kappa shape index (κ2) is 63.2. The van der Waals surface area contributed by atoms with Crippen LogP contribution in [0.1, 0.15) is 70.1 Å². The van der Waals surface area contributed by atoms with E-state index in [4.69, 9.17) is 94.2 Å². The topological polar surface area (TPSA) is 574 Å². The molecule has 0 aliphatic rings. The van der Waals surface area contributed by atoms with Gasteiger partial charge in [-0.2, -0.15) is 4.98 Å². The molecular formula is C94H129ClN14O30P3S2+. The third-order valence-corrected chi connectivity index (χ3v) is 27.3. The summed E-state index contributed by atoms with van der Waals surface area (Å²) in [6.45, 7) is 6.04. The van der Waals surface area contributed by atoms with Crippen molar-refractivity contribution in [2.45, 2.75) is 62.9 Å². The van der Waals surface area contributed by atoms with E-state index in [2.05, 4.69) is 59.5 Å². The van der Waals surface area contributed by atoms with E-state index in [1.807, 2.05) is 78.9 Å². The molecule has 0 fully saturated rings. The van der Waals surface area contributed by atoms with Gasteiger partial charge in [-0.3, -0.25) is 43.0 Å². The van der Waals surface area contributed by atoms with Crippen LogP contribution < -0.4 is 47.4 Å². The Balaban J connectivity index is 0.681. The number of ether oxygens (including phenoxy) is 12. The largest absolute Gasteiger partial charge is 0.508 e. The molecule has 0 saturated heterocycles. The van der Waals surface area contributed by atoms with Crippen molar-refractivity contribution >= 4 is 132 Å². The first-order valence-corrected chi connectivity index (χ1v) is 54.3. The Bertz CT molecular complexity index is 5570. The van der Waals surface area contributed by atoms with Gasteiger partial charge in [0, 0.05) is 94.3 Å². The molecule has 788 valence electrons. The fraction of sp³-hybridized carbons (Fsp3) is 0.457. The smallest absolute Gasteiger partial charge is 0.474 e. The van der Waals surface area contributed by atoms with Crippen molar-refractivity contribution in [2.24, 2.45) is 5.73 Å². The number of benzene rings is 6. The van der Waals surface area contributed by atoms with Crippen molar-refractivity contribution < 1.29 is 143 Å². The summed E-state index contributed by atoms with van der Waals surface area (Å²) in [6.07, 6.45) is -1.06. The average molecular weight is 2130 g/mol. The number of methoxy groups -OCH3 is 1. The van der Waals surface area contributed by atoms with E-state index in [1.165, 1.54) is 88.1 Å². The molecule has 8 aromatic rings. The highest BCUT2D eigenvalue weighted by Gasteiger charge is 2.31. The van der Waals surface area contributed by atoms with E-state index < -0.39 is 88.9 Å². The van der Waals surface area contributed by atoms with E-state index in [-0.39, 0.29) is 246 Å². The molecule has 0 radical (unpaired) electrons. The maximum Gasteiger partial charge on any atom is 0.474 e. The second-order valence-corrected chi connectivity index (χ2v) is 41.5. The lowest BCUT2D eigenvalue weighted by Gasteiger charge is -2.30. The van der Waals surface area contributed by atoms with Gasteiger partial charge in [-0.1, -0.05) is 107 Å². The standard InChI is InChI=1S/C94H128ClN14O30P3S2/c1-7-80(70-11-9-8-10-12-70)85(71-19-25-76(110)26-20-71)72-21-29-77(30-22-72)135-48-42-107(38-35-95)140(6,120)137-62-69-15-31-79(32-16-69)144-143-64-81(96)89(114)99-37-45-128-51-53-129-46-40-106(84(112)63-132-57-58-134-67-141(121,122)66-133-50-49-126-5)41-47-130-54-56-131-55-52-127-44-36-98-83(111)34-33-82(91(116)117)102-88(113)73-17-23-75(24-18-73)108(60-74-59-100-87-86(101-74)90(115)104-92(97)103-87)94(119)136-61-68-13-27-78(28-14-68)139-93(118)105(2)39-43-109(3,4)65-138-142(123,124)125/h8-32,59,81-82H,7,33-58,60-67,96H2,1-6H3,(H10-,97,98,99,100,102,103,104,110,111,113,114,115,116,117,121,122,123,124,125)/p+1. The number of likely N-dealkylation sites (N-methyl/N-ethyl adjacent to an activating group) is 2. The molecule has 0 saturated carbocycles. The van der Waals surface area contributed by atoms with Crippen LogP contribution in [0.25, 0.3) is 22.3 Å². The number of allylic oxidation sites excluding steroid dienone is 1. The van der Waals surface area contributed by atoms with Crippen LogP contribution in [0.2, 0.25) is 0 Å². The number of H-pyrrole nitrogens is 1. The van der Waals surface area contributed by atoms with Gasteiger partial charge in [0.15, 0.2) is 17.9 Å². The Labute approximate surface area is 847 Å². The summed E-state index contributed by atoms with van der Waals surface area (Å²) in [7, 11) is -2.62. The molecule has 6 amide bonds. The van der Waals surface area contributed by atoms with Gasteiger partial charge in [-0.05, 0) is 125 Å². The van der Waals surface area contributed by atoms with Gasteiger partial charge in [0.1, 0.15) is 55.8 Å². The lowest BCUT2D eigenvalue weighted by Crippen LogP contribution is -2.47. The van der Waals surface area contributed by atoms with Crippen molar-refractivity contribution in [3.63, 3.8) is 0 Å². The number of carboxylic acids is 1. The number of aromatic nitrogens is 4. The number of aromatic hydroxyl groups is 1. The molecule has 0 aliphatic carbocycles. The van der Waals surface area contributed by atoms with E-state index in [1.54, 1.807) is 49.7 Å². The van der Waals surface area contributed by atoms with Crippen LogP contribution in [0.4, 0.5) is 21.2 Å². The number of phenols is 1. The molecule has 8 rings (SSSR count). The summed E-state index contributed by atoms with van der Waals surface area (Å²) >= 11 is 6.20. The third-order valence-electron chi connectivity index (χ3n) is 21.0. The van der Waals surface area contributed by atoms with Crippen molar-refractivity contribution in [1.82, 2.24) is 50.4 Å².